The molecule has 1 saturated carbocycles. The molecule has 0 radical (unpaired) electrons. The number of nitrogens with one attached hydrogen (secondary N) is 1. The Hall–Kier alpha value is -2.31. The van der Waals surface area contributed by atoms with Gasteiger partial charge >= 0.3 is 14.8 Å². The van der Waals surface area contributed by atoms with Crippen LogP contribution in [0.25, 0.3) is 0 Å². The van der Waals surface area contributed by atoms with Gasteiger partial charge in [0, 0.05) is 6.42 Å². The lowest BCUT2D eigenvalue weighted by atomic mass is 9.92. The largest absolute Gasteiger partial charge is 0.445 e. The van der Waals surface area contributed by atoms with Crippen LogP contribution >= 0.6 is 8.69 Å². The highest BCUT2D eigenvalue weighted by atomic mass is 31.1. The molecule has 0 aliphatic heterocycles. The van der Waals surface area contributed by atoms with E-state index in [1.165, 1.54) is 0 Å². The van der Waals surface area contributed by atoms with Crippen molar-refractivity contribution in [1.82, 2.24) is 5.32 Å². The molecule has 3 rings (SSSR count). The summed E-state index contributed by atoms with van der Waals surface area (Å²) in [6.45, 7) is 0.442. The lowest BCUT2D eigenvalue weighted by Gasteiger charge is -2.30. The van der Waals surface area contributed by atoms with E-state index in [1.807, 2.05) is 60.7 Å². The van der Waals surface area contributed by atoms with Crippen molar-refractivity contribution in [3.63, 3.8) is 0 Å². The molecule has 0 saturated heterocycles. The Morgan fingerprint density at radius 1 is 0.970 bits per heavy atom. The highest BCUT2D eigenvalue weighted by Gasteiger charge is 2.34. The van der Waals surface area contributed by atoms with Crippen LogP contribution in [-0.4, -0.2) is 29.6 Å². The van der Waals surface area contributed by atoms with Crippen LogP contribution in [0.3, 0.4) is 0 Å². The number of aliphatic hydroxyl groups is 1. The lowest BCUT2D eigenvalue weighted by Crippen LogP contribution is -2.47. The summed E-state index contributed by atoms with van der Waals surface area (Å²) in [6, 6.07) is 18.6. The predicted molar refractivity (Wildman–Crippen MR) is 124 cm³/mol. The zero-order valence-electron chi connectivity index (χ0n) is 18.7. The fourth-order valence-electron chi connectivity index (χ4n) is 4.23. The average molecular weight is 474 g/mol. The third kappa shape index (κ3) is 8.86. The first-order valence-electron chi connectivity index (χ1n) is 11.4. The molecule has 2 N–H and O–H groups in total. The molecule has 0 aromatic heterocycles. The van der Waals surface area contributed by atoms with E-state index >= 15 is 0 Å². The topological polar surface area (TPSA) is 94.1 Å². The van der Waals surface area contributed by atoms with E-state index in [4.69, 9.17) is 14.0 Å². The molecule has 3 unspecified atom stereocenters. The SMILES string of the molecule is O=POC(C1CCCC1)C(CCC(O)OCc1ccccc1)NC(=O)OCc1ccccc1. The first-order chi connectivity index (χ1) is 16.2. The first-order valence-corrected chi connectivity index (χ1v) is 12.2. The summed E-state index contributed by atoms with van der Waals surface area (Å²) in [5, 5.41) is 13.2. The van der Waals surface area contributed by atoms with Gasteiger partial charge in [-0.3, -0.25) is 4.52 Å². The Bertz CT molecular complexity index is 831. The van der Waals surface area contributed by atoms with Crippen molar-refractivity contribution in [2.45, 2.75) is 70.2 Å². The molecule has 0 spiro atoms. The van der Waals surface area contributed by atoms with Crippen molar-refractivity contribution in [3.8, 4) is 0 Å². The molecule has 2 aromatic carbocycles. The van der Waals surface area contributed by atoms with Crippen LogP contribution in [0.1, 0.15) is 49.7 Å². The molecule has 1 aliphatic rings. The number of ether oxygens (including phenoxy) is 2. The Kier molecular flexibility index (Phi) is 10.8. The van der Waals surface area contributed by atoms with Gasteiger partial charge in [-0.2, -0.15) is 0 Å². The normalized spacial score (nSPS) is 16.9. The van der Waals surface area contributed by atoms with Crippen LogP contribution < -0.4 is 5.32 Å². The third-order valence-electron chi connectivity index (χ3n) is 5.95. The lowest BCUT2D eigenvalue weighted by molar-refractivity contribution is -0.114. The molecule has 3 atom stereocenters. The standard InChI is InChI=1S/C25H32NO6P/c27-23(30-17-19-9-3-1-4-10-19)16-15-22(24(32-33-29)21-13-7-8-14-21)26-25(28)31-18-20-11-5-2-6-12-20/h1-6,9-12,21-24,27H,7-8,13-18H2,(H,26,28). The second-order valence-electron chi connectivity index (χ2n) is 8.33. The van der Waals surface area contributed by atoms with Crippen molar-refractivity contribution in [1.29, 1.82) is 0 Å². The highest BCUT2D eigenvalue weighted by molar-refractivity contribution is 7.17. The van der Waals surface area contributed by atoms with E-state index in [0.29, 0.717) is 19.4 Å². The smallest absolute Gasteiger partial charge is 0.407 e. The van der Waals surface area contributed by atoms with Gasteiger partial charge in [0.1, 0.15) is 6.61 Å². The molecule has 2 aromatic rings. The van der Waals surface area contributed by atoms with Gasteiger partial charge in [0.2, 0.25) is 0 Å². The molecule has 1 amide bonds. The maximum Gasteiger partial charge on any atom is 0.407 e. The number of hydrogen-bond donors (Lipinski definition) is 2. The number of carbonyl (C=O) groups excluding carboxylic acids is 1. The molecule has 8 heteroatoms. The second kappa shape index (κ2) is 14.1. The van der Waals surface area contributed by atoms with Gasteiger partial charge < -0.3 is 19.9 Å². The molecular formula is C25H32NO6P. The zero-order chi connectivity index (χ0) is 23.3. The molecule has 1 aliphatic carbocycles. The molecule has 1 fully saturated rings. The van der Waals surface area contributed by atoms with Gasteiger partial charge in [0.05, 0.1) is 18.8 Å². The highest BCUT2D eigenvalue weighted by Crippen LogP contribution is 2.33. The third-order valence-corrected chi connectivity index (χ3v) is 6.28. The molecule has 0 bridgehead atoms. The first kappa shape index (κ1) is 25.3. The number of aliphatic hydroxyl groups excluding tert-OH is 1. The van der Waals surface area contributed by atoms with Crippen LogP contribution in [0.5, 0.6) is 0 Å². The van der Waals surface area contributed by atoms with E-state index in [-0.39, 0.29) is 12.5 Å². The summed E-state index contributed by atoms with van der Waals surface area (Å²) < 4.78 is 27.8. The van der Waals surface area contributed by atoms with E-state index in [1.54, 1.807) is 0 Å². The Labute approximate surface area is 196 Å². The number of amides is 1. The molecule has 33 heavy (non-hydrogen) atoms. The van der Waals surface area contributed by atoms with Gasteiger partial charge in [-0.05, 0) is 36.3 Å². The second-order valence-corrected chi connectivity index (χ2v) is 8.69. The average Bonchev–Trinajstić information content (AvgIpc) is 3.38. The Balaban J connectivity index is 1.57. The summed E-state index contributed by atoms with van der Waals surface area (Å²) in [6.07, 6.45) is 2.74. The van der Waals surface area contributed by atoms with Crippen LogP contribution in [0.2, 0.25) is 0 Å². The van der Waals surface area contributed by atoms with E-state index in [0.717, 1.165) is 36.8 Å². The van der Waals surface area contributed by atoms with Crippen molar-refractivity contribution in [2.24, 2.45) is 5.92 Å². The summed E-state index contributed by atoms with van der Waals surface area (Å²) >= 11 is 0. The van der Waals surface area contributed by atoms with Crippen LogP contribution in [0.4, 0.5) is 4.79 Å². The fourth-order valence-corrected chi connectivity index (χ4v) is 4.65. The van der Waals surface area contributed by atoms with Gasteiger partial charge in [-0.1, -0.05) is 73.5 Å². The van der Waals surface area contributed by atoms with Crippen molar-refractivity contribution in [3.05, 3.63) is 71.8 Å². The monoisotopic (exact) mass is 473 g/mol. The van der Waals surface area contributed by atoms with Crippen molar-refractivity contribution < 1.29 is 28.5 Å². The van der Waals surface area contributed by atoms with Crippen molar-refractivity contribution in [2.75, 3.05) is 0 Å². The Morgan fingerprint density at radius 3 is 2.18 bits per heavy atom. The summed E-state index contributed by atoms with van der Waals surface area (Å²) in [5.41, 5.74) is 1.85. The van der Waals surface area contributed by atoms with Gasteiger partial charge in [0.25, 0.3) is 0 Å². The maximum atomic E-state index is 12.5. The van der Waals surface area contributed by atoms with E-state index in [9.17, 15) is 14.5 Å². The number of carbonyl (C=O) groups is 1. The van der Waals surface area contributed by atoms with E-state index < -0.39 is 33.2 Å². The number of rotatable bonds is 13. The van der Waals surface area contributed by atoms with Gasteiger partial charge in [-0.25, -0.2) is 9.36 Å². The molecule has 178 valence electrons. The van der Waals surface area contributed by atoms with Crippen LogP contribution in [0.15, 0.2) is 60.7 Å². The number of benzene rings is 2. The van der Waals surface area contributed by atoms with Gasteiger partial charge in [-0.15, -0.1) is 0 Å². The minimum atomic E-state index is -0.996. The van der Waals surface area contributed by atoms with Crippen molar-refractivity contribution >= 4 is 14.8 Å². The molecule has 7 nitrogen and oxygen atoms in total. The van der Waals surface area contributed by atoms with Crippen LogP contribution in [0, 0.1) is 5.92 Å². The number of alkyl carbamates (subject to hydrolysis) is 1. The predicted octanol–water partition coefficient (Wildman–Crippen LogP) is 5.38. The summed E-state index contributed by atoms with van der Waals surface area (Å²) in [7, 11) is -0.427. The minimum absolute atomic E-state index is 0.150. The molecular weight excluding hydrogens is 441 g/mol. The number of hydrogen-bond acceptors (Lipinski definition) is 6. The Morgan fingerprint density at radius 2 is 1.58 bits per heavy atom. The van der Waals surface area contributed by atoms with E-state index in [2.05, 4.69) is 5.32 Å². The van der Waals surface area contributed by atoms with Gasteiger partial charge in [0.15, 0.2) is 6.29 Å². The maximum absolute atomic E-state index is 12.5. The minimum Gasteiger partial charge on any atom is -0.445 e. The summed E-state index contributed by atoms with van der Waals surface area (Å²) in [4.78, 5) is 12.5. The zero-order valence-corrected chi connectivity index (χ0v) is 19.6. The quantitative estimate of drug-likeness (QED) is 0.300. The fraction of sp³-hybridized carbons (Fsp3) is 0.480. The van der Waals surface area contributed by atoms with Crippen LogP contribution in [-0.2, 0) is 31.8 Å². The summed E-state index contributed by atoms with van der Waals surface area (Å²) in [5.74, 6) is 0.188. The molecule has 0 heterocycles.